The number of hydrogen-bond donors (Lipinski definition) is 2. The first-order valence-electron chi connectivity index (χ1n) is 13.6. The molecular formula is C30H34N2O3. The Morgan fingerprint density at radius 3 is 2.77 bits per heavy atom. The molecule has 5 fully saturated rings. The lowest BCUT2D eigenvalue weighted by molar-refractivity contribution is -0.264. The van der Waals surface area contributed by atoms with Crippen molar-refractivity contribution in [1.29, 1.82) is 0 Å². The summed E-state index contributed by atoms with van der Waals surface area (Å²) in [6.45, 7) is 2.77. The number of carbonyl (C=O) groups excluding carboxylic acids is 1. The van der Waals surface area contributed by atoms with Crippen molar-refractivity contribution in [3.8, 4) is 5.75 Å². The number of nitrogens with one attached hydrogen (secondary N) is 1. The number of nitrogens with zero attached hydrogens (tertiary/aromatic N) is 1. The molecule has 7 aliphatic rings. The van der Waals surface area contributed by atoms with Crippen LogP contribution in [0.25, 0.3) is 0 Å². The predicted octanol–water partition coefficient (Wildman–Crippen LogP) is 3.57. The van der Waals surface area contributed by atoms with E-state index in [0.29, 0.717) is 19.0 Å². The number of carbonyl (C=O) groups is 1. The van der Waals surface area contributed by atoms with Gasteiger partial charge in [0.15, 0.2) is 0 Å². The molecule has 1 amide bonds. The van der Waals surface area contributed by atoms with Gasteiger partial charge in [0.1, 0.15) is 17.5 Å². The van der Waals surface area contributed by atoms with Crippen LogP contribution in [0, 0.1) is 17.3 Å². The zero-order valence-electron chi connectivity index (χ0n) is 20.2. The van der Waals surface area contributed by atoms with Gasteiger partial charge in [-0.15, -0.1) is 0 Å². The van der Waals surface area contributed by atoms with E-state index in [4.69, 9.17) is 4.74 Å². The Bertz CT molecular complexity index is 1210. The van der Waals surface area contributed by atoms with Crippen molar-refractivity contribution in [1.82, 2.24) is 10.2 Å². The van der Waals surface area contributed by atoms with Gasteiger partial charge >= 0.3 is 0 Å². The molecule has 4 bridgehead atoms. The molecule has 5 unspecified atom stereocenters. The average molecular weight is 471 g/mol. The van der Waals surface area contributed by atoms with Crippen LogP contribution in [0.4, 0.5) is 0 Å². The van der Waals surface area contributed by atoms with Crippen LogP contribution in [0.5, 0.6) is 5.75 Å². The van der Waals surface area contributed by atoms with Gasteiger partial charge < -0.3 is 15.2 Å². The van der Waals surface area contributed by atoms with Crippen LogP contribution in [0.3, 0.4) is 0 Å². The monoisotopic (exact) mass is 470 g/mol. The summed E-state index contributed by atoms with van der Waals surface area (Å²) in [4.78, 5) is 16.5. The average Bonchev–Trinajstić information content (AvgIpc) is 3.62. The molecule has 4 saturated carbocycles. The lowest BCUT2D eigenvalue weighted by Crippen LogP contribution is -2.81. The van der Waals surface area contributed by atoms with E-state index in [9.17, 15) is 9.90 Å². The molecule has 0 aromatic heterocycles. The van der Waals surface area contributed by atoms with Gasteiger partial charge in [-0.25, -0.2) is 0 Å². The van der Waals surface area contributed by atoms with E-state index in [-0.39, 0.29) is 22.8 Å². The van der Waals surface area contributed by atoms with Crippen LogP contribution in [0.1, 0.15) is 55.2 Å². The third-order valence-electron chi connectivity index (χ3n) is 10.8. The predicted molar refractivity (Wildman–Crippen MR) is 132 cm³/mol. The number of amides is 1. The number of piperidine rings is 1. The Balaban J connectivity index is 1.21. The molecule has 2 N–H and O–H groups in total. The van der Waals surface area contributed by atoms with Crippen molar-refractivity contribution in [2.75, 3.05) is 13.1 Å². The van der Waals surface area contributed by atoms with E-state index in [1.54, 1.807) is 0 Å². The minimum atomic E-state index is -1.13. The topological polar surface area (TPSA) is 61.8 Å². The van der Waals surface area contributed by atoms with Gasteiger partial charge in [-0.3, -0.25) is 9.69 Å². The van der Waals surface area contributed by atoms with Gasteiger partial charge in [0.05, 0.1) is 5.92 Å². The zero-order valence-corrected chi connectivity index (χ0v) is 20.2. The molecule has 6 atom stereocenters. The fraction of sp³-hybridized carbons (Fsp3) is 0.567. The van der Waals surface area contributed by atoms with Crippen molar-refractivity contribution < 1.29 is 14.6 Å². The van der Waals surface area contributed by atoms with E-state index in [0.717, 1.165) is 49.5 Å². The van der Waals surface area contributed by atoms with Crippen LogP contribution >= 0.6 is 0 Å². The molecule has 0 radical (unpaired) electrons. The summed E-state index contributed by atoms with van der Waals surface area (Å²) in [5.41, 5.74) is 2.59. The minimum Gasteiger partial charge on any atom is -0.486 e. The highest BCUT2D eigenvalue weighted by molar-refractivity contribution is 5.81. The number of ether oxygens (including phenoxy) is 1. The normalized spacial score (nSPS) is 40.2. The summed E-state index contributed by atoms with van der Waals surface area (Å²) in [6, 6.07) is 17.0. The standard InChI is InChI=1S/C30H34N2O3/c33-26(31-17-19-5-2-1-3-6-19)22-16-28-11-12-30(22,34)27-29(28)13-14-32(18-20-9-10-20)24(28)15-21-7-4-8-23(35-27)25(21)29/h1-8,20,22,24,27,34H,9-18H2,(H,31,33)/t22-,24?,27?,28?,29?,30?/m1/s1. The molecule has 9 rings (SSSR count). The number of hydrogen-bond acceptors (Lipinski definition) is 4. The van der Waals surface area contributed by atoms with Crippen molar-refractivity contribution in [3.05, 3.63) is 65.2 Å². The molecule has 5 heteroatoms. The highest BCUT2D eigenvalue weighted by Gasteiger charge is 2.80. The summed E-state index contributed by atoms with van der Waals surface area (Å²) >= 11 is 0. The van der Waals surface area contributed by atoms with Crippen LogP contribution in [-0.4, -0.2) is 46.7 Å². The van der Waals surface area contributed by atoms with Gasteiger partial charge in [-0.2, -0.15) is 0 Å². The summed E-state index contributed by atoms with van der Waals surface area (Å²) in [5, 5.41) is 15.5. The Labute approximate surface area is 206 Å². The molecule has 5 aliphatic carbocycles. The van der Waals surface area contributed by atoms with Crippen molar-refractivity contribution in [3.63, 3.8) is 0 Å². The SMILES string of the molecule is O=C(NCc1ccccc1)[C@H]1CC23CCC1(O)C1Oc4cccc5c4C12CCN(CC1CC1)C3C5. The quantitative estimate of drug-likeness (QED) is 0.701. The smallest absolute Gasteiger partial charge is 0.226 e. The maximum Gasteiger partial charge on any atom is 0.226 e. The largest absolute Gasteiger partial charge is 0.486 e. The minimum absolute atomic E-state index is 0.0103. The molecular weight excluding hydrogens is 436 g/mol. The lowest BCUT2D eigenvalue weighted by atomic mass is 9.35. The van der Waals surface area contributed by atoms with E-state index >= 15 is 0 Å². The van der Waals surface area contributed by atoms with Crippen LogP contribution in [-0.2, 0) is 23.2 Å². The number of aliphatic hydroxyl groups is 1. The number of rotatable bonds is 5. The van der Waals surface area contributed by atoms with Gasteiger partial charge in [-0.1, -0.05) is 42.5 Å². The van der Waals surface area contributed by atoms with Gasteiger partial charge in [0.2, 0.25) is 5.91 Å². The number of benzene rings is 2. The highest BCUT2D eigenvalue weighted by Crippen LogP contribution is 2.75. The van der Waals surface area contributed by atoms with Gasteiger partial charge in [-0.05, 0) is 74.6 Å². The maximum atomic E-state index is 13.7. The Hall–Kier alpha value is -2.37. The van der Waals surface area contributed by atoms with Crippen LogP contribution in [0.2, 0.25) is 0 Å². The van der Waals surface area contributed by atoms with E-state index in [1.807, 2.05) is 30.3 Å². The summed E-state index contributed by atoms with van der Waals surface area (Å²) in [6.07, 6.45) is 6.88. The van der Waals surface area contributed by atoms with Crippen molar-refractivity contribution in [2.24, 2.45) is 17.3 Å². The third-order valence-corrected chi connectivity index (χ3v) is 10.8. The third kappa shape index (κ3) is 2.54. The molecule has 2 aliphatic heterocycles. The molecule has 2 aromatic rings. The molecule has 35 heavy (non-hydrogen) atoms. The molecule has 2 aromatic carbocycles. The van der Waals surface area contributed by atoms with Crippen LogP contribution < -0.4 is 10.1 Å². The number of fused-ring (bicyclic) bond motifs is 2. The van der Waals surface area contributed by atoms with Crippen molar-refractivity contribution >= 4 is 5.91 Å². The second-order valence-corrected chi connectivity index (χ2v) is 12.3. The Kier molecular flexibility index (Phi) is 4.09. The van der Waals surface area contributed by atoms with E-state index in [2.05, 4.69) is 28.4 Å². The highest BCUT2D eigenvalue weighted by atomic mass is 16.5. The van der Waals surface area contributed by atoms with Gasteiger partial charge in [0, 0.05) is 35.5 Å². The molecule has 182 valence electrons. The first-order valence-corrected chi connectivity index (χ1v) is 13.6. The number of likely N-dealkylation sites (tertiary alicyclic amines) is 1. The molecule has 5 nitrogen and oxygen atoms in total. The zero-order chi connectivity index (χ0) is 23.4. The summed E-state index contributed by atoms with van der Waals surface area (Å²) < 4.78 is 6.73. The van der Waals surface area contributed by atoms with E-state index < -0.39 is 11.5 Å². The summed E-state index contributed by atoms with van der Waals surface area (Å²) in [7, 11) is 0. The maximum absolute atomic E-state index is 13.7. The molecule has 1 saturated heterocycles. The first kappa shape index (κ1) is 20.8. The van der Waals surface area contributed by atoms with Crippen LogP contribution in [0.15, 0.2) is 48.5 Å². The molecule has 2 spiro atoms. The second kappa shape index (κ2) is 6.89. The fourth-order valence-corrected chi connectivity index (χ4v) is 9.25. The summed E-state index contributed by atoms with van der Waals surface area (Å²) in [5.74, 6) is 1.37. The van der Waals surface area contributed by atoms with Gasteiger partial charge in [0.25, 0.3) is 0 Å². The fourth-order valence-electron chi connectivity index (χ4n) is 9.25. The second-order valence-electron chi connectivity index (χ2n) is 12.3. The lowest BCUT2D eigenvalue weighted by Gasteiger charge is -2.73. The first-order chi connectivity index (χ1) is 17.1. The Morgan fingerprint density at radius 1 is 1.09 bits per heavy atom. The van der Waals surface area contributed by atoms with E-state index in [1.165, 1.54) is 30.5 Å². The van der Waals surface area contributed by atoms with Crippen molar-refractivity contribution in [2.45, 2.75) is 74.7 Å². The molecule has 2 heterocycles. The Morgan fingerprint density at radius 2 is 1.94 bits per heavy atom.